The Balaban J connectivity index is 2.60. The van der Waals surface area contributed by atoms with E-state index in [4.69, 9.17) is 14.2 Å². The minimum Gasteiger partial charge on any atom is -0.497 e. The summed E-state index contributed by atoms with van der Waals surface area (Å²) >= 11 is 0. The molecular weight excluding hydrogens is 360 g/mol. The monoisotopic (exact) mass is 394 g/mol. The third kappa shape index (κ3) is 8.37. The van der Waals surface area contributed by atoms with Crippen molar-refractivity contribution >= 4 is 12.1 Å². The van der Waals surface area contributed by atoms with Crippen LogP contribution in [-0.2, 0) is 11.3 Å². The predicted molar refractivity (Wildman–Crippen MR) is 111 cm³/mol. The van der Waals surface area contributed by atoms with Gasteiger partial charge in [0.25, 0.3) is 0 Å². The number of benzene rings is 1. The number of nitrogens with zero attached hydrogens (tertiary/aromatic N) is 1. The van der Waals surface area contributed by atoms with E-state index < -0.39 is 17.2 Å². The van der Waals surface area contributed by atoms with Crippen LogP contribution in [0.4, 0.5) is 4.79 Å². The minimum absolute atomic E-state index is 0.454. The smallest absolute Gasteiger partial charge is 0.408 e. The van der Waals surface area contributed by atoms with Gasteiger partial charge in [0.2, 0.25) is 0 Å². The Morgan fingerprint density at radius 1 is 1.07 bits per heavy atom. The highest BCUT2D eigenvalue weighted by molar-refractivity contribution is 5.80. The Hall–Kier alpha value is -2.64. The number of rotatable bonds is 7. The lowest BCUT2D eigenvalue weighted by molar-refractivity contribution is 0.0474. The Morgan fingerprint density at radius 2 is 1.75 bits per heavy atom. The molecule has 8 nitrogen and oxygen atoms in total. The Kier molecular flexibility index (Phi) is 8.40. The zero-order chi connectivity index (χ0) is 21.4. The molecule has 158 valence electrons. The molecule has 1 aromatic carbocycles. The second kappa shape index (κ2) is 10.1. The van der Waals surface area contributed by atoms with Gasteiger partial charge in [-0.05, 0) is 46.8 Å². The van der Waals surface area contributed by atoms with E-state index in [1.54, 1.807) is 21.3 Å². The molecule has 0 saturated carbocycles. The minimum atomic E-state index is -0.539. The molecule has 0 atom stereocenters. The summed E-state index contributed by atoms with van der Waals surface area (Å²) in [5.41, 5.74) is -0.0993. The fourth-order valence-electron chi connectivity index (χ4n) is 2.33. The molecule has 0 aromatic heterocycles. The van der Waals surface area contributed by atoms with E-state index in [0.29, 0.717) is 19.0 Å². The van der Waals surface area contributed by atoms with Crippen LogP contribution < -0.4 is 25.4 Å². The lowest BCUT2D eigenvalue weighted by Gasteiger charge is -2.29. The van der Waals surface area contributed by atoms with Crippen LogP contribution in [0.25, 0.3) is 0 Å². The zero-order valence-electron chi connectivity index (χ0n) is 18.2. The Bertz CT molecular complexity index is 681. The van der Waals surface area contributed by atoms with Crippen LogP contribution >= 0.6 is 0 Å². The fourth-order valence-corrected chi connectivity index (χ4v) is 2.33. The van der Waals surface area contributed by atoms with Crippen LogP contribution in [0.5, 0.6) is 11.5 Å². The SMILES string of the molecule is CN=C(NCc1ccc(OC)cc1OC)NCC(C)(C)NC(=O)OC(C)(C)C. The van der Waals surface area contributed by atoms with Gasteiger partial charge in [0.1, 0.15) is 17.1 Å². The molecule has 0 bridgehead atoms. The molecule has 0 aliphatic carbocycles. The van der Waals surface area contributed by atoms with Gasteiger partial charge in [-0.2, -0.15) is 0 Å². The number of guanidine groups is 1. The molecule has 0 saturated heterocycles. The first-order chi connectivity index (χ1) is 13.0. The number of carbonyl (C=O) groups is 1. The Labute approximate surface area is 168 Å². The number of nitrogens with one attached hydrogen (secondary N) is 3. The van der Waals surface area contributed by atoms with Crippen molar-refractivity contribution in [2.75, 3.05) is 27.8 Å². The molecular formula is C20H34N4O4. The average Bonchev–Trinajstić information content (AvgIpc) is 2.59. The molecule has 0 fully saturated rings. The largest absolute Gasteiger partial charge is 0.497 e. The van der Waals surface area contributed by atoms with Crippen LogP contribution in [0, 0.1) is 0 Å². The van der Waals surface area contributed by atoms with Gasteiger partial charge in [-0.3, -0.25) is 4.99 Å². The maximum atomic E-state index is 12.0. The lowest BCUT2D eigenvalue weighted by atomic mass is 10.1. The van der Waals surface area contributed by atoms with Crippen molar-refractivity contribution in [2.24, 2.45) is 4.99 Å². The summed E-state index contributed by atoms with van der Waals surface area (Å²) in [7, 11) is 4.93. The fraction of sp³-hybridized carbons (Fsp3) is 0.600. The van der Waals surface area contributed by atoms with E-state index >= 15 is 0 Å². The lowest BCUT2D eigenvalue weighted by Crippen LogP contribution is -2.54. The molecule has 0 radical (unpaired) electrons. The predicted octanol–water partition coefficient (Wildman–Crippen LogP) is 2.67. The number of carbonyl (C=O) groups excluding carboxylic acids is 1. The molecule has 1 rings (SSSR count). The molecule has 8 heteroatoms. The van der Waals surface area contributed by atoms with Crippen molar-refractivity contribution in [3.05, 3.63) is 23.8 Å². The number of methoxy groups -OCH3 is 2. The van der Waals surface area contributed by atoms with E-state index in [-0.39, 0.29) is 0 Å². The van der Waals surface area contributed by atoms with Crippen LogP contribution in [0.3, 0.4) is 0 Å². The summed E-state index contributed by atoms with van der Waals surface area (Å²) < 4.78 is 15.9. The van der Waals surface area contributed by atoms with Crippen LogP contribution in [-0.4, -0.2) is 51.0 Å². The first-order valence-corrected chi connectivity index (χ1v) is 9.16. The van der Waals surface area contributed by atoms with E-state index in [0.717, 1.165) is 17.1 Å². The summed E-state index contributed by atoms with van der Waals surface area (Å²) in [6.45, 7) is 10.3. The number of hydrogen-bond acceptors (Lipinski definition) is 5. The topological polar surface area (TPSA) is 93.2 Å². The van der Waals surface area contributed by atoms with Gasteiger partial charge >= 0.3 is 6.09 Å². The van der Waals surface area contributed by atoms with Crippen LogP contribution in [0.15, 0.2) is 23.2 Å². The average molecular weight is 395 g/mol. The summed E-state index contributed by atoms with van der Waals surface area (Å²) in [6, 6.07) is 5.65. The second-order valence-electron chi connectivity index (χ2n) is 7.97. The number of amides is 1. The number of hydrogen-bond donors (Lipinski definition) is 3. The van der Waals surface area contributed by atoms with E-state index in [1.807, 2.05) is 52.8 Å². The van der Waals surface area contributed by atoms with E-state index in [9.17, 15) is 4.79 Å². The summed E-state index contributed by atoms with van der Waals surface area (Å²) in [6.07, 6.45) is -0.454. The highest BCUT2D eigenvalue weighted by Crippen LogP contribution is 2.24. The third-order valence-corrected chi connectivity index (χ3v) is 3.70. The maximum absolute atomic E-state index is 12.0. The maximum Gasteiger partial charge on any atom is 0.408 e. The molecule has 0 aliphatic rings. The highest BCUT2D eigenvalue weighted by atomic mass is 16.6. The van der Waals surface area contributed by atoms with E-state index in [2.05, 4.69) is 20.9 Å². The molecule has 0 heterocycles. The highest BCUT2D eigenvalue weighted by Gasteiger charge is 2.24. The van der Waals surface area contributed by atoms with Gasteiger partial charge in [-0.25, -0.2) is 4.79 Å². The molecule has 3 N–H and O–H groups in total. The van der Waals surface area contributed by atoms with Crippen LogP contribution in [0.1, 0.15) is 40.2 Å². The summed E-state index contributed by atoms with van der Waals surface area (Å²) in [5, 5.41) is 9.30. The second-order valence-corrected chi connectivity index (χ2v) is 7.97. The van der Waals surface area contributed by atoms with Crippen molar-refractivity contribution in [1.82, 2.24) is 16.0 Å². The van der Waals surface area contributed by atoms with Gasteiger partial charge in [0.15, 0.2) is 5.96 Å². The number of aliphatic imine (C=N–C) groups is 1. The van der Waals surface area contributed by atoms with Gasteiger partial charge in [0.05, 0.1) is 19.8 Å². The molecule has 0 aliphatic heterocycles. The first kappa shape index (κ1) is 23.4. The van der Waals surface area contributed by atoms with Crippen molar-refractivity contribution in [1.29, 1.82) is 0 Å². The van der Waals surface area contributed by atoms with Crippen molar-refractivity contribution in [3.8, 4) is 11.5 Å². The molecule has 1 aromatic rings. The standard InChI is InChI=1S/C20H34N4O4/c1-19(2,3)28-18(25)24-20(4,5)13-23-17(21-6)22-12-14-9-10-15(26-7)11-16(14)27-8/h9-11H,12-13H2,1-8H3,(H,24,25)(H2,21,22,23). The molecule has 1 amide bonds. The molecule has 0 unspecified atom stereocenters. The normalized spacial score (nSPS) is 12.2. The quantitative estimate of drug-likeness (QED) is 0.486. The molecule has 28 heavy (non-hydrogen) atoms. The molecule has 0 spiro atoms. The van der Waals surface area contributed by atoms with Crippen molar-refractivity contribution in [3.63, 3.8) is 0 Å². The summed E-state index contributed by atoms with van der Waals surface area (Å²) in [5.74, 6) is 2.07. The van der Waals surface area contributed by atoms with Gasteiger partial charge < -0.3 is 30.2 Å². The summed E-state index contributed by atoms with van der Waals surface area (Å²) in [4.78, 5) is 16.2. The van der Waals surface area contributed by atoms with E-state index in [1.165, 1.54) is 0 Å². The van der Waals surface area contributed by atoms with Crippen molar-refractivity contribution in [2.45, 2.75) is 52.3 Å². The number of ether oxygens (including phenoxy) is 3. The number of alkyl carbamates (subject to hydrolysis) is 1. The van der Waals surface area contributed by atoms with Crippen molar-refractivity contribution < 1.29 is 19.0 Å². The van der Waals surface area contributed by atoms with Gasteiger partial charge in [0, 0.05) is 31.8 Å². The van der Waals surface area contributed by atoms with Gasteiger partial charge in [-0.1, -0.05) is 0 Å². The Morgan fingerprint density at radius 3 is 2.29 bits per heavy atom. The van der Waals surface area contributed by atoms with Crippen LogP contribution in [0.2, 0.25) is 0 Å². The zero-order valence-corrected chi connectivity index (χ0v) is 18.2. The third-order valence-electron chi connectivity index (χ3n) is 3.70. The van der Waals surface area contributed by atoms with Gasteiger partial charge in [-0.15, -0.1) is 0 Å². The first-order valence-electron chi connectivity index (χ1n) is 9.16.